The Kier molecular flexibility index (Phi) is 4.19. The lowest BCUT2D eigenvalue weighted by Crippen LogP contribution is -2.16. The normalized spacial score (nSPS) is 14.1. The summed E-state index contributed by atoms with van der Waals surface area (Å²) in [7, 11) is 3.85. The molecule has 1 fully saturated rings. The minimum atomic E-state index is 0.0302. The SMILES string of the molecule is CN(C)c1nc(NCC2CC2)nc2cnc(NCCO)nc12. The van der Waals surface area contributed by atoms with Crippen LogP contribution in [0.1, 0.15) is 12.8 Å². The highest BCUT2D eigenvalue weighted by molar-refractivity contribution is 5.86. The summed E-state index contributed by atoms with van der Waals surface area (Å²) in [4.78, 5) is 19.6. The first-order valence-electron chi connectivity index (χ1n) is 7.48. The van der Waals surface area contributed by atoms with E-state index in [1.807, 2.05) is 19.0 Å². The van der Waals surface area contributed by atoms with Crippen LogP contribution in [0.25, 0.3) is 11.0 Å². The number of hydrogen-bond donors (Lipinski definition) is 3. The summed E-state index contributed by atoms with van der Waals surface area (Å²) in [6, 6.07) is 0. The molecule has 3 rings (SSSR count). The van der Waals surface area contributed by atoms with Crippen LogP contribution in [0.15, 0.2) is 6.20 Å². The van der Waals surface area contributed by atoms with Gasteiger partial charge in [-0.1, -0.05) is 0 Å². The van der Waals surface area contributed by atoms with Gasteiger partial charge in [-0.05, 0) is 18.8 Å². The molecule has 0 saturated heterocycles. The molecule has 0 aromatic carbocycles. The maximum Gasteiger partial charge on any atom is 0.225 e. The quantitative estimate of drug-likeness (QED) is 0.688. The Bertz CT molecular complexity index is 657. The number of aliphatic hydroxyl groups is 1. The summed E-state index contributed by atoms with van der Waals surface area (Å²) in [6.45, 7) is 1.35. The van der Waals surface area contributed by atoms with Gasteiger partial charge < -0.3 is 20.6 Å². The molecule has 2 aromatic heterocycles. The predicted molar refractivity (Wildman–Crippen MR) is 86.2 cm³/mol. The van der Waals surface area contributed by atoms with Crippen LogP contribution in [0.5, 0.6) is 0 Å². The fourth-order valence-corrected chi connectivity index (χ4v) is 2.12. The molecule has 0 spiro atoms. The smallest absolute Gasteiger partial charge is 0.225 e. The number of fused-ring (bicyclic) bond motifs is 1. The second-order valence-electron chi connectivity index (χ2n) is 5.67. The van der Waals surface area contributed by atoms with Gasteiger partial charge in [0.25, 0.3) is 0 Å². The van der Waals surface area contributed by atoms with E-state index in [1.54, 1.807) is 6.20 Å². The van der Waals surface area contributed by atoms with E-state index in [2.05, 4.69) is 30.6 Å². The van der Waals surface area contributed by atoms with Gasteiger partial charge in [-0.15, -0.1) is 0 Å². The van der Waals surface area contributed by atoms with Crippen molar-refractivity contribution in [3.05, 3.63) is 6.20 Å². The highest BCUT2D eigenvalue weighted by Crippen LogP contribution is 2.29. The second-order valence-corrected chi connectivity index (χ2v) is 5.67. The minimum absolute atomic E-state index is 0.0302. The van der Waals surface area contributed by atoms with E-state index in [1.165, 1.54) is 12.8 Å². The molecule has 22 heavy (non-hydrogen) atoms. The third-order valence-corrected chi connectivity index (χ3v) is 3.48. The summed E-state index contributed by atoms with van der Waals surface area (Å²) in [5, 5.41) is 15.1. The number of nitrogens with zero attached hydrogens (tertiary/aromatic N) is 5. The van der Waals surface area contributed by atoms with Gasteiger partial charge in [-0.25, -0.2) is 15.0 Å². The van der Waals surface area contributed by atoms with E-state index < -0.39 is 0 Å². The van der Waals surface area contributed by atoms with Crippen LogP contribution in [-0.2, 0) is 0 Å². The van der Waals surface area contributed by atoms with Crippen molar-refractivity contribution in [2.75, 3.05) is 49.3 Å². The molecule has 0 radical (unpaired) electrons. The number of aromatic nitrogens is 4. The van der Waals surface area contributed by atoms with Gasteiger partial charge in [0.1, 0.15) is 11.0 Å². The van der Waals surface area contributed by atoms with Crippen LogP contribution in [0.4, 0.5) is 17.7 Å². The molecule has 0 amide bonds. The van der Waals surface area contributed by atoms with Crippen molar-refractivity contribution < 1.29 is 5.11 Å². The highest BCUT2D eigenvalue weighted by atomic mass is 16.3. The molecule has 2 aromatic rings. The van der Waals surface area contributed by atoms with Gasteiger partial charge in [-0.3, -0.25) is 0 Å². The monoisotopic (exact) mass is 303 g/mol. The molecule has 0 unspecified atom stereocenters. The van der Waals surface area contributed by atoms with Crippen LogP contribution >= 0.6 is 0 Å². The molecule has 0 bridgehead atoms. The van der Waals surface area contributed by atoms with Crippen molar-refractivity contribution in [1.29, 1.82) is 0 Å². The molecule has 8 heteroatoms. The minimum Gasteiger partial charge on any atom is -0.395 e. The Morgan fingerprint density at radius 2 is 2.00 bits per heavy atom. The standard InChI is InChI=1S/C14H21N7O/c1-21(2)12-11-10(8-17-13(19-11)15-5-6-22)18-14(20-12)16-7-9-3-4-9/h8-9,22H,3-7H2,1-2H3,(H,15,17,19)(H,16,18,20). The first-order chi connectivity index (χ1) is 10.7. The molecule has 1 aliphatic carbocycles. The number of anilines is 3. The van der Waals surface area contributed by atoms with Crippen LogP contribution in [0, 0.1) is 5.92 Å². The zero-order valence-corrected chi connectivity index (χ0v) is 12.9. The van der Waals surface area contributed by atoms with Crippen molar-refractivity contribution in [2.24, 2.45) is 5.92 Å². The Morgan fingerprint density at radius 1 is 1.18 bits per heavy atom. The van der Waals surface area contributed by atoms with Crippen LogP contribution in [0.3, 0.4) is 0 Å². The zero-order chi connectivity index (χ0) is 15.5. The van der Waals surface area contributed by atoms with Gasteiger partial charge >= 0.3 is 0 Å². The fourth-order valence-electron chi connectivity index (χ4n) is 2.12. The maximum atomic E-state index is 8.87. The largest absolute Gasteiger partial charge is 0.395 e. The van der Waals surface area contributed by atoms with Gasteiger partial charge in [0.05, 0.1) is 12.8 Å². The maximum absolute atomic E-state index is 8.87. The molecule has 118 valence electrons. The third-order valence-electron chi connectivity index (χ3n) is 3.48. The first kappa shape index (κ1) is 14.7. The van der Waals surface area contributed by atoms with Crippen LogP contribution in [-0.4, -0.2) is 58.8 Å². The van der Waals surface area contributed by atoms with Crippen LogP contribution < -0.4 is 15.5 Å². The Balaban J connectivity index is 1.93. The Labute approximate surface area is 129 Å². The zero-order valence-electron chi connectivity index (χ0n) is 12.9. The molecule has 0 aliphatic heterocycles. The van der Waals surface area contributed by atoms with Crippen molar-refractivity contribution >= 4 is 28.7 Å². The van der Waals surface area contributed by atoms with Gasteiger partial charge in [-0.2, -0.15) is 4.98 Å². The number of aliphatic hydroxyl groups excluding tert-OH is 1. The Hall–Kier alpha value is -2.22. The average Bonchev–Trinajstić information content (AvgIpc) is 3.34. The van der Waals surface area contributed by atoms with E-state index in [-0.39, 0.29) is 6.61 Å². The van der Waals surface area contributed by atoms with Crippen LogP contribution in [0.2, 0.25) is 0 Å². The molecular weight excluding hydrogens is 282 g/mol. The summed E-state index contributed by atoms with van der Waals surface area (Å²) < 4.78 is 0. The molecular formula is C14H21N7O. The lowest BCUT2D eigenvalue weighted by Gasteiger charge is -2.15. The molecule has 3 N–H and O–H groups in total. The van der Waals surface area contributed by atoms with Gasteiger partial charge in [0.2, 0.25) is 11.9 Å². The van der Waals surface area contributed by atoms with E-state index >= 15 is 0 Å². The summed E-state index contributed by atoms with van der Waals surface area (Å²) in [6.07, 6.45) is 4.24. The highest BCUT2D eigenvalue weighted by Gasteiger charge is 2.21. The van der Waals surface area contributed by atoms with Gasteiger partial charge in [0.15, 0.2) is 5.82 Å². The fraction of sp³-hybridized carbons (Fsp3) is 0.571. The lowest BCUT2D eigenvalue weighted by atomic mass is 10.4. The van der Waals surface area contributed by atoms with Crippen molar-refractivity contribution in [1.82, 2.24) is 19.9 Å². The summed E-state index contributed by atoms with van der Waals surface area (Å²) in [5.74, 6) is 2.58. The summed E-state index contributed by atoms with van der Waals surface area (Å²) in [5.41, 5.74) is 1.39. The topological polar surface area (TPSA) is 99.1 Å². The second kappa shape index (κ2) is 6.27. The third kappa shape index (κ3) is 3.33. The van der Waals surface area contributed by atoms with E-state index in [9.17, 15) is 0 Å². The van der Waals surface area contributed by atoms with Crippen molar-refractivity contribution in [3.8, 4) is 0 Å². The summed E-state index contributed by atoms with van der Waals surface area (Å²) >= 11 is 0. The van der Waals surface area contributed by atoms with E-state index in [0.29, 0.717) is 29.5 Å². The molecule has 0 atom stereocenters. The average molecular weight is 303 g/mol. The van der Waals surface area contributed by atoms with E-state index in [4.69, 9.17) is 5.11 Å². The van der Waals surface area contributed by atoms with E-state index in [0.717, 1.165) is 18.3 Å². The first-order valence-corrected chi connectivity index (χ1v) is 7.48. The molecule has 1 aliphatic rings. The number of nitrogens with one attached hydrogen (secondary N) is 2. The Morgan fingerprint density at radius 3 is 2.68 bits per heavy atom. The molecule has 1 saturated carbocycles. The lowest BCUT2D eigenvalue weighted by molar-refractivity contribution is 0.311. The van der Waals surface area contributed by atoms with Crippen molar-refractivity contribution in [3.63, 3.8) is 0 Å². The molecule has 2 heterocycles. The van der Waals surface area contributed by atoms with Gasteiger partial charge in [0, 0.05) is 27.2 Å². The number of rotatable bonds is 7. The molecule has 8 nitrogen and oxygen atoms in total. The van der Waals surface area contributed by atoms with Crippen molar-refractivity contribution in [2.45, 2.75) is 12.8 Å². The number of hydrogen-bond acceptors (Lipinski definition) is 8. The predicted octanol–water partition coefficient (Wildman–Crippen LogP) is 0.712.